The Hall–Kier alpha value is -1.77. The van der Waals surface area contributed by atoms with Gasteiger partial charge in [0.25, 0.3) is 0 Å². The summed E-state index contributed by atoms with van der Waals surface area (Å²) in [5, 5.41) is 2.33. The number of nitrogens with zero attached hydrogens (tertiary/aromatic N) is 1. The third-order valence-electron chi connectivity index (χ3n) is 3.06. The summed E-state index contributed by atoms with van der Waals surface area (Å²) in [6.07, 6.45) is 3.14. The van der Waals surface area contributed by atoms with Crippen molar-refractivity contribution in [1.29, 1.82) is 0 Å². The number of aromatic nitrogens is 1. The van der Waals surface area contributed by atoms with Gasteiger partial charge in [-0.05, 0) is 17.5 Å². The van der Waals surface area contributed by atoms with Gasteiger partial charge in [0.15, 0.2) is 23.4 Å². The lowest BCUT2D eigenvalue weighted by Gasteiger charge is -2.09. The third-order valence-corrected chi connectivity index (χ3v) is 3.06. The zero-order valence-electron chi connectivity index (χ0n) is 10.8. The highest BCUT2D eigenvalue weighted by atomic mass is 16.5. The number of pyridine rings is 1. The Morgan fingerprint density at radius 3 is 2.12 bits per heavy atom. The predicted octanol–water partition coefficient (Wildman–Crippen LogP) is 2.24. The van der Waals surface area contributed by atoms with E-state index in [1.807, 2.05) is 12.1 Å². The van der Waals surface area contributed by atoms with Gasteiger partial charge < -0.3 is 9.47 Å². The largest absolute Gasteiger partial charge is 0.493 e. The Morgan fingerprint density at radius 2 is 1.59 bits per heavy atom. The summed E-state index contributed by atoms with van der Waals surface area (Å²) >= 11 is 0. The molecule has 0 N–H and O–H groups in total. The molecule has 0 fully saturated rings. The Morgan fingerprint density at radius 1 is 1.00 bits per heavy atom. The first-order valence-electron chi connectivity index (χ1n) is 5.74. The van der Waals surface area contributed by atoms with Crippen LogP contribution in [-0.4, -0.2) is 14.2 Å². The summed E-state index contributed by atoms with van der Waals surface area (Å²) in [6.45, 7) is 2.15. The van der Waals surface area contributed by atoms with Crippen molar-refractivity contribution in [3.8, 4) is 11.5 Å². The van der Waals surface area contributed by atoms with Crippen molar-refractivity contribution in [3.05, 3.63) is 30.1 Å². The average Bonchev–Trinajstić information content (AvgIpc) is 2.36. The van der Waals surface area contributed by atoms with Gasteiger partial charge in [0.1, 0.15) is 7.05 Å². The van der Waals surface area contributed by atoms with Crippen molar-refractivity contribution >= 4 is 10.8 Å². The van der Waals surface area contributed by atoms with Crippen molar-refractivity contribution in [2.45, 2.75) is 13.3 Å². The molecule has 0 saturated heterocycles. The molecule has 2 rings (SSSR count). The van der Waals surface area contributed by atoms with E-state index < -0.39 is 0 Å². The molecular formula is C14H18NO2+. The van der Waals surface area contributed by atoms with E-state index in [4.69, 9.17) is 9.47 Å². The molecule has 0 aliphatic carbocycles. The number of hydrogen-bond acceptors (Lipinski definition) is 2. The van der Waals surface area contributed by atoms with Gasteiger partial charge in [-0.25, -0.2) is 4.57 Å². The number of methoxy groups -OCH3 is 2. The van der Waals surface area contributed by atoms with Gasteiger partial charge in [-0.15, -0.1) is 0 Å². The van der Waals surface area contributed by atoms with E-state index in [-0.39, 0.29) is 0 Å². The van der Waals surface area contributed by atoms with Crippen molar-refractivity contribution in [3.63, 3.8) is 0 Å². The van der Waals surface area contributed by atoms with Crippen LogP contribution < -0.4 is 14.0 Å². The van der Waals surface area contributed by atoms with Gasteiger partial charge in [-0.1, -0.05) is 6.92 Å². The molecular weight excluding hydrogens is 214 g/mol. The summed E-state index contributed by atoms with van der Waals surface area (Å²) in [5.41, 5.74) is 1.30. The maximum atomic E-state index is 5.32. The van der Waals surface area contributed by atoms with Crippen LogP contribution in [0.15, 0.2) is 24.4 Å². The summed E-state index contributed by atoms with van der Waals surface area (Å²) in [4.78, 5) is 0. The normalized spacial score (nSPS) is 10.6. The minimum absolute atomic E-state index is 0.768. The fourth-order valence-corrected chi connectivity index (χ4v) is 2.07. The molecule has 0 radical (unpaired) electrons. The smallest absolute Gasteiger partial charge is 0.181 e. The molecule has 1 aromatic carbocycles. The molecule has 0 unspecified atom stereocenters. The van der Waals surface area contributed by atoms with Crippen LogP contribution in [-0.2, 0) is 13.5 Å². The molecule has 2 aromatic rings. The van der Waals surface area contributed by atoms with Crippen LogP contribution in [0.5, 0.6) is 11.5 Å². The fraction of sp³-hybridized carbons (Fsp3) is 0.357. The lowest BCUT2D eigenvalue weighted by molar-refractivity contribution is -0.677. The molecule has 0 aliphatic heterocycles. The molecule has 1 aromatic heterocycles. The Kier molecular flexibility index (Phi) is 3.18. The minimum Gasteiger partial charge on any atom is -0.493 e. The van der Waals surface area contributed by atoms with E-state index in [0.29, 0.717) is 0 Å². The second kappa shape index (κ2) is 4.62. The summed E-state index contributed by atoms with van der Waals surface area (Å²) in [5.74, 6) is 1.54. The van der Waals surface area contributed by atoms with E-state index in [2.05, 4.69) is 30.8 Å². The zero-order chi connectivity index (χ0) is 12.4. The molecule has 3 nitrogen and oxygen atoms in total. The number of rotatable bonds is 3. The Balaban J connectivity index is 2.70. The highest BCUT2D eigenvalue weighted by Gasteiger charge is 2.11. The second-order valence-corrected chi connectivity index (χ2v) is 4.07. The van der Waals surface area contributed by atoms with Crippen LogP contribution in [0.1, 0.15) is 12.6 Å². The van der Waals surface area contributed by atoms with Gasteiger partial charge in [0.2, 0.25) is 0 Å². The summed E-state index contributed by atoms with van der Waals surface area (Å²) in [7, 11) is 5.38. The highest BCUT2D eigenvalue weighted by Crippen LogP contribution is 2.31. The van der Waals surface area contributed by atoms with E-state index >= 15 is 0 Å². The van der Waals surface area contributed by atoms with E-state index in [1.54, 1.807) is 14.2 Å². The molecule has 90 valence electrons. The minimum atomic E-state index is 0.768. The number of ether oxygens (including phenoxy) is 2. The van der Waals surface area contributed by atoms with Crippen LogP contribution in [0.3, 0.4) is 0 Å². The molecule has 0 saturated carbocycles. The van der Waals surface area contributed by atoms with Crippen molar-refractivity contribution < 1.29 is 14.0 Å². The van der Waals surface area contributed by atoms with E-state index in [9.17, 15) is 0 Å². The highest BCUT2D eigenvalue weighted by molar-refractivity contribution is 5.85. The van der Waals surface area contributed by atoms with Crippen LogP contribution in [0.25, 0.3) is 10.8 Å². The molecule has 0 spiro atoms. The van der Waals surface area contributed by atoms with Crippen LogP contribution in [0.4, 0.5) is 0 Å². The van der Waals surface area contributed by atoms with Crippen molar-refractivity contribution in [2.24, 2.45) is 7.05 Å². The first-order valence-corrected chi connectivity index (χ1v) is 5.74. The topological polar surface area (TPSA) is 22.3 Å². The first-order chi connectivity index (χ1) is 8.19. The van der Waals surface area contributed by atoms with Gasteiger partial charge in [0.05, 0.1) is 14.2 Å². The van der Waals surface area contributed by atoms with Gasteiger partial charge >= 0.3 is 0 Å². The molecule has 0 aliphatic rings. The number of fused-ring (bicyclic) bond motifs is 1. The molecule has 0 amide bonds. The van der Waals surface area contributed by atoms with Crippen molar-refractivity contribution in [1.82, 2.24) is 0 Å². The van der Waals surface area contributed by atoms with Gasteiger partial charge in [-0.3, -0.25) is 0 Å². The Labute approximate surface area is 102 Å². The number of benzene rings is 1. The van der Waals surface area contributed by atoms with Gasteiger partial charge in [0, 0.05) is 17.9 Å². The van der Waals surface area contributed by atoms with E-state index in [1.165, 1.54) is 11.1 Å². The standard InChI is InChI=1S/C14H18NO2/c1-5-12-6-10-7-13(16-3)14(17-4)8-11(10)9-15(12)2/h6-9H,5H2,1-4H3/q+1. The fourth-order valence-electron chi connectivity index (χ4n) is 2.07. The second-order valence-electron chi connectivity index (χ2n) is 4.07. The Bertz CT molecular complexity index is 549. The summed E-state index contributed by atoms with van der Waals surface area (Å²) in [6, 6.07) is 6.22. The lowest BCUT2D eigenvalue weighted by Crippen LogP contribution is -2.32. The predicted molar refractivity (Wildman–Crippen MR) is 67.6 cm³/mol. The quantitative estimate of drug-likeness (QED) is 0.757. The average molecular weight is 232 g/mol. The molecule has 1 heterocycles. The molecule has 0 atom stereocenters. The van der Waals surface area contributed by atoms with E-state index in [0.717, 1.165) is 23.3 Å². The maximum Gasteiger partial charge on any atom is 0.181 e. The first kappa shape index (κ1) is 11.7. The molecule has 0 bridgehead atoms. The lowest BCUT2D eigenvalue weighted by atomic mass is 10.1. The van der Waals surface area contributed by atoms with Crippen molar-refractivity contribution in [2.75, 3.05) is 14.2 Å². The maximum absolute atomic E-state index is 5.32. The van der Waals surface area contributed by atoms with Crippen LogP contribution >= 0.6 is 0 Å². The third kappa shape index (κ3) is 2.05. The zero-order valence-corrected chi connectivity index (χ0v) is 10.8. The SMILES string of the molecule is CCc1cc2cc(OC)c(OC)cc2c[n+]1C. The summed E-state index contributed by atoms with van der Waals surface area (Å²) < 4.78 is 12.8. The number of hydrogen-bond donors (Lipinski definition) is 0. The molecule has 17 heavy (non-hydrogen) atoms. The number of aryl methyl sites for hydroxylation is 2. The molecule has 3 heteroatoms. The van der Waals surface area contributed by atoms with Crippen LogP contribution in [0, 0.1) is 0 Å². The van der Waals surface area contributed by atoms with Gasteiger partial charge in [-0.2, -0.15) is 0 Å². The monoisotopic (exact) mass is 232 g/mol. The van der Waals surface area contributed by atoms with Crippen LogP contribution in [0.2, 0.25) is 0 Å².